The highest BCUT2D eigenvalue weighted by Gasteiger charge is 2.19. The number of aryl methyl sites for hydroxylation is 2. The van der Waals surface area contributed by atoms with Gasteiger partial charge in [-0.3, -0.25) is 4.79 Å². The minimum Gasteiger partial charge on any atom is -0.507 e. The highest BCUT2D eigenvalue weighted by Crippen LogP contribution is 2.38. The van der Waals surface area contributed by atoms with Crippen molar-refractivity contribution in [2.45, 2.75) is 20.4 Å². The van der Waals surface area contributed by atoms with Crippen LogP contribution in [0.3, 0.4) is 0 Å². The molecule has 4 rings (SSSR count). The molecule has 1 aromatic heterocycles. The van der Waals surface area contributed by atoms with Crippen LogP contribution in [0.5, 0.6) is 5.75 Å². The van der Waals surface area contributed by atoms with Gasteiger partial charge in [-0.2, -0.15) is 0 Å². The zero-order chi connectivity index (χ0) is 18.4. The van der Waals surface area contributed by atoms with Crippen molar-refractivity contribution in [1.82, 2.24) is 4.57 Å². The maximum absolute atomic E-state index is 12.0. The molecule has 0 unspecified atom stereocenters. The van der Waals surface area contributed by atoms with Crippen LogP contribution >= 0.6 is 0 Å². The van der Waals surface area contributed by atoms with Crippen LogP contribution in [0.25, 0.3) is 21.8 Å². The first-order valence-electron chi connectivity index (χ1n) is 8.56. The lowest BCUT2D eigenvalue weighted by molar-refractivity contribution is 0.100. The van der Waals surface area contributed by atoms with Gasteiger partial charge in [0.15, 0.2) is 0 Å². The number of benzene rings is 3. The average Bonchev–Trinajstić information content (AvgIpc) is 2.90. The number of fused-ring (bicyclic) bond motifs is 3. The summed E-state index contributed by atoms with van der Waals surface area (Å²) in [6.45, 7) is 4.68. The number of primary amides is 1. The number of carbonyl (C=O) groups is 1. The van der Waals surface area contributed by atoms with E-state index in [9.17, 15) is 9.90 Å². The van der Waals surface area contributed by atoms with Crippen molar-refractivity contribution in [3.05, 3.63) is 76.9 Å². The molecular weight excluding hydrogens is 324 g/mol. The van der Waals surface area contributed by atoms with Crippen molar-refractivity contribution in [3.63, 3.8) is 0 Å². The molecule has 4 heteroatoms. The maximum Gasteiger partial charge on any atom is 0.249 e. The third kappa shape index (κ3) is 2.42. The van der Waals surface area contributed by atoms with Crippen LogP contribution < -0.4 is 5.73 Å². The predicted molar refractivity (Wildman–Crippen MR) is 105 cm³/mol. The van der Waals surface area contributed by atoms with Crippen LogP contribution in [0.2, 0.25) is 0 Å². The molecule has 0 aliphatic carbocycles. The first-order chi connectivity index (χ1) is 12.5. The summed E-state index contributed by atoms with van der Waals surface area (Å²) in [5, 5.41) is 12.0. The van der Waals surface area contributed by atoms with E-state index in [1.54, 1.807) is 12.1 Å². The molecule has 4 nitrogen and oxygen atoms in total. The average molecular weight is 344 g/mol. The molecule has 0 atom stereocenters. The number of hydrogen-bond donors (Lipinski definition) is 2. The number of aromatic nitrogens is 1. The number of phenols is 1. The van der Waals surface area contributed by atoms with E-state index in [0.717, 1.165) is 16.6 Å². The number of amides is 1. The van der Waals surface area contributed by atoms with Gasteiger partial charge in [0.25, 0.3) is 0 Å². The van der Waals surface area contributed by atoms with E-state index in [1.165, 1.54) is 11.1 Å². The van der Waals surface area contributed by atoms with Crippen LogP contribution in [-0.4, -0.2) is 15.6 Å². The first-order valence-corrected chi connectivity index (χ1v) is 8.56. The van der Waals surface area contributed by atoms with E-state index in [2.05, 4.69) is 23.6 Å². The smallest absolute Gasteiger partial charge is 0.249 e. The van der Waals surface area contributed by atoms with Gasteiger partial charge in [0.2, 0.25) is 5.91 Å². The first kappa shape index (κ1) is 16.2. The molecule has 0 saturated heterocycles. The molecule has 3 N–H and O–H groups in total. The summed E-state index contributed by atoms with van der Waals surface area (Å²) in [7, 11) is 0. The third-order valence-electron chi connectivity index (χ3n) is 4.97. The normalized spacial score (nSPS) is 11.3. The molecule has 0 aliphatic heterocycles. The van der Waals surface area contributed by atoms with Crippen LogP contribution in [0.1, 0.15) is 27.0 Å². The monoisotopic (exact) mass is 344 g/mol. The van der Waals surface area contributed by atoms with E-state index in [1.807, 2.05) is 37.3 Å². The van der Waals surface area contributed by atoms with Gasteiger partial charge in [0.05, 0.1) is 16.4 Å². The van der Waals surface area contributed by atoms with Crippen molar-refractivity contribution in [3.8, 4) is 5.75 Å². The topological polar surface area (TPSA) is 68.2 Å². The minimum absolute atomic E-state index is 0.169. The Hall–Kier alpha value is -3.27. The number of aromatic hydroxyl groups is 1. The van der Waals surface area contributed by atoms with E-state index in [0.29, 0.717) is 22.9 Å². The SMILES string of the molecule is Cc1cc(O)c2c3c(C(N)=O)cccc3n(Cc3ccccc3C)c2c1. The largest absolute Gasteiger partial charge is 0.507 e. The Morgan fingerprint density at radius 2 is 1.77 bits per heavy atom. The van der Waals surface area contributed by atoms with Gasteiger partial charge in [0, 0.05) is 17.5 Å². The minimum atomic E-state index is -0.495. The Morgan fingerprint density at radius 3 is 2.50 bits per heavy atom. The van der Waals surface area contributed by atoms with Crippen molar-refractivity contribution < 1.29 is 9.90 Å². The molecule has 0 spiro atoms. The van der Waals surface area contributed by atoms with Crippen molar-refractivity contribution >= 4 is 27.7 Å². The lowest BCUT2D eigenvalue weighted by Gasteiger charge is -2.11. The number of phenolic OH excluding ortho intramolecular Hbond substituents is 1. The summed E-state index contributed by atoms with van der Waals surface area (Å²) in [6, 6.07) is 17.5. The Balaban J connectivity index is 2.13. The lowest BCUT2D eigenvalue weighted by atomic mass is 10.0. The van der Waals surface area contributed by atoms with Gasteiger partial charge < -0.3 is 15.4 Å². The van der Waals surface area contributed by atoms with Crippen LogP contribution in [0, 0.1) is 13.8 Å². The molecule has 1 heterocycles. The van der Waals surface area contributed by atoms with Gasteiger partial charge in [-0.25, -0.2) is 0 Å². The van der Waals surface area contributed by atoms with Crippen LogP contribution in [0.4, 0.5) is 0 Å². The number of nitrogens with two attached hydrogens (primary N) is 1. The second-order valence-corrected chi connectivity index (χ2v) is 6.75. The van der Waals surface area contributed by atoms with Crippen LogP contribution in [0.15, 0.2) is 54.6 Å². The third-order valence-corrected chi connectivity index (χ3v) is 4.97. The Bertz CT molecular complexity index is 1170. The van der Waals surface area contributed by atoms with Gasteiger partial charge in [-0.15, -0.1) is 0 Å². The lowest BCUT2D eigenvalue weighted by Crippen LogP contribution is -2.11. The number of nitrogens with zero attached hydrogens (tertiary/aromatic N) is 1. The van der Waals surface area contributed by atoms with E-state index >= 15 is 0 Å². The fourth-order valence-electron chi connectivity index (χ4n) is 3.71. The van der Waals surface area contributed by atoms with Gasteiger partial charge >= 0.3 is 0 Å². The quantitative estimate of drug-likeness (QED) is 0.583. The zero-order valence-corrected chi connectivity index (χ0v) is 14.8. The summed E-state index contributed by atoms with van der Waals surface area (Å²) in [5.74, 6) is -0.326. The molecule has 3 aromatic carbocycles. The van der Waals surface area contributed by atoms with E-state index < -0.39 is 5.91 Å². The van der Waals surface area contributed by atoms with Crippen molar-refractivity contribution in [1.29, 1.82) is 0 Å². The van der Waals surface area contributed by atoms with E-state index in [4.69, 9.17) is 5.73 Å². The van der Waals surface area contributed by atoms with Gasteiger partial charge in [-0.05, 0) is 54.8 Å². The molecule has 0 aliphatic rings. The molecule has 0 bridgehead atoms. The summed E-state index contributed by atoms with van der Waals surface area (Å²) in [6.07, 6.45) is 0. The molecule has 0 fully saturated rings. The van der Waals surface area contributed by atoms with Crippen molar-refractivity contribution in [2.24, 2.45) is 5.73 Å². The molecule has 4 aromatic rings. The fourth-order valence-corrected chi connectivity index (χ4v) is 3.71. The molecule has 0 radical (unpaired) electrons. The summed E-state index contributed by atoms with van der Waals surface area (Å²) < 4.78 is 2.14. The standard InChI is InChI=1S/C22H20N2O2/c1-13-10-18-21(19(25)11-13)20-16(22(23)26)8-5-9-17(20)24(18)12-15-7-4-3-6-14(15)2/h3-11,25H,12H2,1-2H3,(H2,23,26). The summed E-state index contributed by atoms with van der Waals surface area (Å²) in [5.41, 5.74) is 11.2. The van der Waals surface area contributed by atoms with Gasteiger partial charge in [-0.1, -0.05) is 30.3 Å². The Morgan fingerprint density at radius 1 is 1.00 bits per heavy atom. The Labute approximate surface area is 151 Å². The summed E-state index contributed by atoms with van der Waals surface area (Å²) >= 11 is 0. The molecule has 26 heavy (non-hydrogen) atoms. The molecule has 1 amide bonds. The van der Waals surface area contributed by atoms with Gasteiger partial charge in [0.1, 0.15) is 5.75 Å². The molecular formula is C22H20N2O2. The maximum atomic E-state index is 12.0. The van der Waals surface area contributed by atoms with E-state index in [-0.39, 0.29) is 5.75 Å². The second-order valence-electron chi connectivity index (χ2n) is 6.75. The van der Waals surface area contributed by atoms with Crippen LogP contribution in [-0.2, 0) is 6.54 Å². The Kier molecular flexibility index (Phi) is 3.69. The summed E-state index contributed by atoms with van der Waals surface area (Å²) in [4.78, 5) is 12.0. The van der Waals surface area contributed by atoms with Crippen molar-refractivity contribution in [2.75, 3.05) is 0 Å². The number of hydrogen-bond acceptors (Lipinski definition) is 2. The number of rotatable bonds is 3. The fraction of sp³-hybridized carbons (Fsp3) is 0.136. The highest BCUT2D eigenvalue weighted by atomic mass is 16.3. The highest BCUT2D eigenvalue weighted by molar-refractivity contribution is 6.19. The second kappa shape index (κ2) is 5.92. The zero-order valence-electron chi connectivity index (χ0n) is 14.8. The predicted octanol–water partition coefficient (Wildman–Crippen LogP) is 4.26. The molecule has 0 saturated carbocycles. The molecule has 130 valence electrons. The number of carbonyl (C=O) groups excluding carboxylic acids is 1.